The number of hydrogen-bond donors (Lipinski definition) is 3. The second kappa shape index (κ2) is 5.52. The Morgan fingerprint density at radius 1 is 1.30 bits per heavy atom. The van der Waals surface area contributed by atoms with E-state index in [9.17, 15) is 4.79 Å². The zero-order valence-corrected chi connectivity index (χ0v) is 12.0. The molecule has 0 radical (unpaired) electrons. The molecule has 0 saturated carbocycles. The summed E-state index contributed by atoms with van der Waals surface area (Å²) < 4.78 is 5.75. The van der Waals surface area contributed by atoms with Crippen LogP contribution in [-0.4, -0.2) is 30.6 Å². The number of rotatable bonds is 3. The van der Waals surface area contributed by atoms with Gasteiger partial charge in [-0.25, -0.2) is 4.98 Å². The Balaban J connectivity index is 1.62. The highest BCUT2D eigenvalue weighted by Gasteiger charge is 2.18. The lowest BCUT2D eigenvalue weighted by molar-refractivity contribution is 0.302. The number of hydrogen-bond acceptors (Lipinski definition) is 7. The van der Waals surface area contributed by atoms with E-state index in [2.05, 4.69) is 35.9 Å². The molecule has 9 heteroatoms. The van der Waals surface area contributed by atoms with E-state index in [1.165, 1.54) is 0 Å². The van der Waals surface area contributed by atoms with Gasteiger partial charge in [-0.05, 0) is 11.6 Å². The zero-order valence-electron chi connectivity index (χ0n) is 12.0. The SMILES string of the molecule is O=c1[nH]c(NCc2nn[nH]n2)nc2c1Cc1ccccc1OC2. The first-order chi connectivity index (χ1) is 11.3. The van der Waals surface area contributed by atoms with Crippen molar-refractivity contribution in [2.45, 2.75) is 19.6 Å². The third-order valence-electron chi connectivity index (χ3n) is 3.61. The molecule has 9 nitrogen and oxygen atoms in total. The monoisotopic (exact) mass is 311 g/mol. The van der Waals surface area contributed by atoms with E-state index in [1.54, 1.807) is 0 Å². The van der Waals surface area contributed by atoms with Crippen molar-refractivity contribution in [1.82, 2.24) is 30.6 Å². The molecule has 1 aromatic carbocycles. The zero-order chi connectivity index (χ0) is 15.6. The topological polar surface area (TPSA) is 121 Å². The average Bonchev–Trinajstić information content (AvgIpc) is 3.01. The summed E-state index contributed by atoms with van der Waals surface area (Å²) in [5.41, 5.74) is 2.05. The molecular formula is C14H13N7O2. The Bertz CT molecular complexity index is 888. The van der Waals surface area contributed by atoms with Crippen molar-refractivity contribution in [1.29, 1.82) is 0 Å². The molecule has 0 fully saturated rings. The van der Waals surface area contributed by atoms with E-state index >= 15 is 0 Å². The Morgan fingerprint density at radius 2 is 2.22 bits per heavy atom. The van der Waals surface area contributed by atoms with E-state index in [0.29, 0.717) is 36.0 Å². The fourth-order valence-corrected chi connectivity index (χ4v) is 2.48. The fourth-order valence-electron chi connectivity index (χ4n) is 2.48. The van der Waals surface area contributed by atoms with Gasteiger partial charge >= 0.3 is 0 Å². The molecule has 3 aromatic rings. The van der Waals surface area contributed by atoms with Crippen LogP contribution in [0.4, 0.5) is 5.95 Å². The molecule has 0 saturated heterocycles. The minimum Gasteiger partial charge on any atom is -0.487 e. The minimum absolute atomic E-state index is 0.175. The van der Waals surface area contributed by atoms with Gasteiger partial charge < -0.3 is 10.1 Å². The number of tetrazole rings is 1. The summed E-state index contributed by atoms with van der Waals surface area (Å²) in [7, 11) is 0. The summed E-state index contributed by atoms with van der Waals surface area (Å²) in [5, 5.41) is 16.5. The third kappa shape index (κ3) is 2.63. The predicted molar refractivity (Wildman–Crippen MR) is 79.9 cm³/mol. The number of nitrogens with one attached hydrogen (secondary N) is 3. The molecule has 3 heterocycles. The number of para-hydroxylation sites is 1. The molecule has 0 bridgehead atoms. The number of anilines is 1. The van der Waals surface area contributed by atoms with Crippen LogP contribution in [0.5, 0.6) is 5.75 Å². The van der Waals surface area contributed by atoms with Crippen LogP contribution < -0.4 is 15.6 Å². The molecule has 0 atom stereocenters. The molecule has 0 spiro atoms. The van der Waals surface area contributed by atoms with E-state index in [0.717, 1.165) is 11.3 Å². The fraction of sp³-hybridized carbons (Fsp3) is 0.214. The molecule has 0 aliphatic carbocycles. The van der Waals surface area contributed by atoms with Gasteiger partial charge in [0.05, 0.1) is 12.2 Å². The van der Waals surface area contributed by atoms with Gasteiger partial charge in [0.15, 0.2) is 5.82 Å². The van der Waals surface area contributed by atoms with Gasteiger partial charge in [0, 0.05) is 12.0 Å². The van der Waals surface area contributed by atoms with Crippen LogP contribution in [0.3, 0.4) is 0 Å². The summed E-state index contributed by atoms with van der Waals surface area (Å²) in [6, 6.07) is 7.68. The number of aromatic nitrogens is 6. The predicted octanol–water partition coefficient (Wildman–Crippen LogP) is 0.378. The molecule has 1 aliphatic heterocycles. The second-order valence-corrected chi connectivity index (χ2v) is 5.09. The Hall–Kier alpha value is -3.23. The van der Waals surface area contributed by atoms with Gasteiger partial charge in [0.25, 0.3) is 5.56 Å². The summed E-state index contributed by atoms with van der Waals surface area (Å²) in [4.78, 5) is 19.5. The molecule has 23 heavy (non-hydrogen) atoms. The number of H-pyrrole nitrogens is 2. The van der Waals surface area contributed by atoms with Crippen LogP contribution in [0.1, 0.15) is 22.6 Å². The lowest BCUT2D eigenvalue weighted by Gasteiger charge is -2.07. The van der Waals surface area contributed by atoms with Crippen molar-refractivity contribution in [3.8, 4) is 5.75 Å². The van der Waals surface area contributed by atoms with E-state index in [4.69, 9.17) is 4.74 Å². The molecule has 3 N–H and O–H groups in total. The van der Waals surface area contributed by atoms with Crippen molar-refractivity contribution in [2.75, 3.05) is 5.32 Å². The Labute approximate surface area is 130 Å². The van der Waals surface area contributed by atoms with Crippen LogP contribution in [0.2, 0.25) is 0 Å². The number of ether oxygens (including phenoxy) is 1. The molecule has 4 rings (SSSR count). The number of aromatic amines is 2. The first kappa shape index (κ1) is 13.4. The van der Waals surface area contributed by atoms with Crippen LogP contribution in [-0.2, 0) is 19.6 Å². The van der Waals surface area contributed by atoms with Gasteiger partial charge in [-0.2, -0.15) is 5.21 Å². The average molecular weight is 311 g/mol. The van der Waals surface area contributed by atoms with E-state index in [-0.39, 0.29) is 12.2 Å². The quantitative estimate of drug-likeness (QED) is 0.639. The van der Waals surface area contributed by atoms with Crippen LogP contribution in [0.15, 0.2) is 29.1 Å². The molecule has 116 valence electrons. The Morgan fingerprint density at radius 3 is 3.09 bits per heavy atom. The molecule has 1 aliphatic rings. The third-order valence-corrected chi connectivity index (χ3v) is 3.61. The van der Waals surface area contributed by atoms with Crippen LogP contribution >= 0.6 is 0 Å². The first-order valence-electron chi connectivity index (χ1n) is 7.08. The smallest absolute Gasteiger partial charge is 0.256 e. The van der Waals surface area contributed by atoms with Gasteiger partial charge in [0.1, 0.15) is 12.4 Å². The molecule has 0 amide bonds. The highest BCUT2D eigenvalue weighted by Crippen LogP contribution is 2.25. The summed E-state index contributed by atoms with van der Waals surface area (Å²) >= 11 is 0. The van der Waals surface area contributed by atoms with Crippen molar-refractivity contribution >= 4 is 5.95 Å². The largest absolute Gasteiger partial charge is 0.487 e. The maximum Gasteiger partial charge on any atom is 0.256 e. The summed E-state index contributed by atoms with van der Waals surface area (Å²) in [6.45, 7) is 0.562. The molecule has 2 aromatic heterocycles. The van der Waals surface area contributed by atoms with Gasteiger partial charge in [0.2, 0.25) is 5.95 Å². The lowest BCUT2D eigenvalue weighted by Crippen LogP contribution is -2.20. The molecule has 0 unspecified atom stereocenters. The highest BCUT2D eigenvalue weighted by molar-refractivity contribution is 5.41. The molecular weight excluding hydrogens is 298 g/mol. The second-order valence-electron chi connectivity index (χ2n) is 5.09. The Kier molecular flexibility index (Phi) is 3.22. The lowest BCUT2D eigenvalue weighted by atomic mass is 10.1. The van der Waals surface area contributed by atoms with Crippen molar-refractivity contribution in [3.63, 3.8) is 0 Å². The van der Waals surface area contributed by atoms with Crippen molar-refractivity contribution < 1.29 is 4.74 Å². The number of fused-ring (bicyclic) bond motifs is 2. The van der Waals surface area contributed by atoms with Crippen molar-refractivity contribution in [3.05, 3.63) is 57.3 Å². The van der Waals surface area contributed by atoms with Crippen molar-refractivity contribution in [2.24, 2.45) is 0 Å². The van der Waals surface area contributed by atoms with Gasteiger partial charge in [-0.15, -0.1) is 10.2 Å². The number of benzene rings is 1. The maximum absolute atomic E-state index is 12.4. The standard InChI is InChI=1S/C14H13N7O2/c22-13-9-5-8-3-1-2-4-11(8)23-7-10(9)16-14(17-13)15-6-12-18-20-21-19-12/h1-4H,5-7H2,(H2,15,16,17,22)(H,18,19,20,21). The normalized spacial score (nSPS) is 12.7. The van der Waals surface area contributed by atoms with E-state index < -0.39 is 0 Å². The van der Waals surface area contributed by atoms with Gasteiger partial charge in [-0.3, -0.25) is 9.78 Å². The van der Waals surface area contributed by atoms with Crippen LogP contribution in [0, 0.1) is 0 Å². The maximum atomic E-state index is 12.4. The minimum atomic E-state index is -0.175. The number of nitrogens with zero attached hydrogens (tertiary/aromatic N) is 4. The van der Waals surface area contributed by atoms with Gasteiger partial charge in [-0.1, -0.05) is 23.4 Å². The first-order valence-corrected chi connectivity index (χ1v) is 7.08. The highest BCUT2D eigenvalue weighted by atomic mass is 16.5. The summed E-state index contributed by atoms with van der Waals surface area (Å²) in [6.07, 6.45) is 0.499. The van der Waals surface area contributed by atoms with E-state index in [1.807, 2.05) is 24.3 Å². The van der Waals surface area contributed by atoms with Crippen LogP contribution in [0.25, 0.3) is 0 Å². The summed E-state index contributed by atoms with van der Waals surface area (Å²) in [5.74, 6) is 1.62.